The van der Waals surface area contributed by atoms with Crippen molar-refractivity contribution in [2.24, 2.45) is 0 Å². The number of quaternary nitrogens is 1. The van der Waals surface area contributed by atoms with E-state index in [2.05, 4.69) is 38.2 Å². The number of phosphoric ester groups is 1. The first-order valence-electron chi connectivity index (χ1n) is 35.1. The van der Waals surface area contributed by atoms with E-state index in [9.17, 15) is 19.0 Å². The minimum atomic E-state index is -4.39. The molecule has 0 aliphatic carbocycles. The van der Waals surface area contributed by atoms with Crippen LogP contribution >= 0.6 is 7.82 Å². The molecule has 0 aliphatic rings. The van der Waals surface area contributed by atoms with E-state index < -0.39 is 26.5 Å². The van der Waals surface area contributed by atoms with E-state index in [4.69, 9.17) is 18.5 Å². The Kier molecular flexibility index (Phi) is 60.9. The molecule has 0 bridgehead atoms. The molecule has 9 nitrogen and oxygen atoms in total. The molecular weight excluding hydrogens is 1010 g/mol. The van der Waals surface area contributed by atoms with Crippen LogP contribution in [0.2, 0.25) is 0 Å². The number of phosphoric acid groups is 1. The standard InChI is InChI=1S/C70H136NO8P/c1-6-8-10-12-14-16-18-20-22-24-26-28-30-32-34-35-37-39-41-43-45-47-49-51-53-55-57-59-61-63-70(73)79-68(67-78-80(74,75)77-65-64-71(3,4)5)66-76-69(72)62-60-58-56-54-52-50-48-46-44-42-40-38-36-33-31-29-27-25-23-21-19-17-15-13-11-9-7-2/h18,20,24,26,68H,6-17,19,21-23,25,27-67H2,1-5H3/p+1/b20-18-,26-24-. The van der Waals surface area contributed by atoms with Gasteiger partial charge in [-0.15, -0.1) is 0 Å². The second-order valence-electron chi connectivity index (χ2n) is 25.3. The van der Waals surface area contributed by atoms with Crippen LogP contribution in [0.3, 0.4) is 0 Å². The maximum absolute atomic E-state index is 12.9. The normalized spacial score (nSPS) is 13.2. The predicted molar refractivity (Wildman–Crippen MR) is 344 cm³/mol. The number of ether oxygens (including phenoxy) is 2. The lowest BCUT2D eigenvalue weighted by Crippen LogP contribution is -2.37. The summed E-state index contributed by atoms with van der Waals surface area (Å²) in [5.41, 5.74) is 0. The highest BCUT2D eigenvalue weighted by molar-refractivity contribution is 7.47. The molecule has 10 heteroatoms. The zero-order valence-corrected chi connectivity index (χ0v) is 55.0. The van der Waals surface area contributed by atoms with E-state index in [1.807, 2.05) is 21.1 Å². The monoisotopic (exact) mass is 1150 g/mol. The van der Waals surface area contributed by atoms with Crippen molar-refractivity contribution < 1.29 is 42.1 Å². The van der Waals surface area contributed by atoms with Crippen LogP contribution in [0.15, 0.2) is 24.3 Å². The van der Waals surface area contributed by atoms with E-state index in [-0.39, 0.29) is 25.6 Å². The molecule has 0 aromatic heterocycles. The van der Waals surface area contributed by atoms with Crippen LogP contribution in [0, 0.1) is 0 Å². The maximum Gasteiger partial charge on any atom is 0.472 e. The van der Waals surface area contributed by atoms with E-state index in [1.165, 1.54) is 289 Å². The largest absolute Gasteiger partial charge is 0.472 e. The zero-order valence-electron chi connectivity index (χ0n) is 54.1. The van der Waals surface area contributed by atoms with Gasteiger partial charge < -0.3 is 18.9 Å². The first-order valence-corrected chi connectivity index (χ1v) is 36.6. The maximum atomic E-state index is 12.9. The molecule has 1 N–H and O–H groups in total. The number of carbonyl (C=O) groups is 2. The summed E-state index contributed by atoms with van der Waals surface area (Å²) in [7, 11) is 1.50. The van der Waals surface area contributed by atoms with E-state index in [0.29, 0.717) is 23.9 Å². The van der Waals surface area contributed by atoms with Gasteiger partial charge in [0.25, 0.3) is 0 Å². The van der Waals surface area contributed by atoms with Gasteiger partial charge in [0, 0.05) is 12.8 Å². The van der Waals surface area contributed by atoms with E-state index in [1.54, 1.807) is 0 Å². The van der Waals surface area contributed by atoms with Crippen molar-refractivity contribution in [3.63, 3.8) is 0 Å². The third-order valence-corrected chi connectivity index (χ3v) is 17.0. The number of hydrogen-bond donors (Lipinski definition) is 1. The second-order valence-corrected chi connectivity index (χ2v) is 26.7. The summed E-state index contributed by atoms with van der Waals surface area (Å²) in [4.78, 5) is 35.9. The van der Waals surface area contributed by atoms with Gasteiger partial charge in [-0.1, -0.05) is 327 Å². The molecule has 474 valence electrons. The van der Waals surface area contributed by atoms with Gasteiger partial charge in [-0.2, -0.15) is 0 Å². The van der Waals surface area contributed by atoms with Crippen LogP contribution in [0.25, 0.3) is 0 Å². The van der Waals surface area contributed by atoms with Crippen molar-refractivity contribution in [3.8, 4) is 0 Å². The molecule has 0 aromatic rings. The number of likely N-dealkylation sites (N-methyl/N-ethyl adjacent to an activating group) is 1. The van der Waals surface area contributed by atoms with Gasteiger partial charge >= 0.3 is 19.8 Å². The molecule has 0 saturated carbocycles. The van der Waals surface area contributed by atoms with Gasteiger partial charge in [0.1, 0.15) is 19.8 Å². The molecular formula is C70H137NO8P+. The molecule has 0 saturated heterocycles. The van der Waals surface area contributed by atoms with Gasteiger partial charge in [0.05, 0.1) is 27.7 Å². The Morgan fingerprint density at radius 1 is 0.388 bits per heavy atom. The fourth-order valence-corrected chi connectivity index (χ4v) is 11.3. The molecule has 0 heterocycles. The molecule has 2 unspecified atom stereocenters. The first-order chi connectivity index (χ1) is 39.0. The number of unbranched alkanes of at least 4 members (excludes halogenated alkanes) is 48. The number of esters is 2. The molecule has 80 heavy (non-hydrogen) atoms. The Hall–Kier alpha value is -1.51. The van der Waals surface area contributed by atoms with Crippen molar-refractivity contribution in [3.05, 3.63) is 24.3 Å². The third kappa shape index (κ3) is 65.6. The van der Waals surface area contributed by atoms with Crippen LogP contribution in [0.1, 0.15) is 361 Å². The summed E-state index contributed by atoms with van der Waals surface area (Å²) in [6.45, 7) is 4.50. The van der Waals surface area contributed by atoms with Gasteiger partial charge in [0.2, 0.25) is 0 Å². The highest BCUT2D eigenvalue weighted by atomic mass is 31.2. The minimum Gasteiger partial charge on any atom is -0.462 e. The highest BCUT2D eigenvalue weighted by Crippen LogP contribution is 2.43. The fourth-order valence-electron chi connectivity index (χ4n) is 10.6. The Balaban J connectivity index is 4.00. The van der Waals surface area contributed by atoms with Crippen LogP contribution < -0.4 is 0 Å². The summed E-state index contributed by atoms with van der Waals surface area (Å²) in [6.07, 6.45) is 77.1. The van der Waals surface area contributed by atoms with E-state index in [0.717, 1.165) is 38.5 Å². The molecule has 0 aromatic carbocycles. The molecule has 0 radical (unpaired) electrons. The van der Waals surface area contributed by atoms with Gasteiger partial charge in [-0.3, -0.25) is 18.6 Å². The Morgan fingerprint density at radius 3 is 0.988 bits per heavy atom. The smallest absolute Gasteiger partial charge is 0.462 e. The number of nitrogens with zero attached hydrogens (tertiary/aromatic N) is 1. The van der Waals surface area contributed by atoms with Crippen molar-refractivity contribution >= 4 is 19.8 Å². The van der Waals surface area contributed by atoms with Gasteiger partial charge in [-0.25, -0.2) is 4.57 Å². The van der Waals surface area contributed by atoms with Crippen LogP contribution in [-0.2, 0) is 32.7 Å². The first kappa shape index (κ1) is 78.5. The molecule has 0 fully saturated rings. The lowest BCUT2D eigenvalue weighted by molar-refractivity contribution is -0.870. The fraction of sp³-hybridized carbons (Fsp3) is 0.914. The SMILES string of the molecule is CCCCCCC/C=C\C/C=C\CCCCCCCCCCCCCCCCCCCC(=O)OC(COC(=O)CCCCCCCCCCCCCCCCCCCCCCCCCCCCC)COP(=O)(O)OCC[N+](C)(C)C. The van der Waals surface area contributed by atoms with Crippen LogP contribution in [0.5, 0.6) is 0 Å². The third-order valence-electron chi connectivity index (χ3n) is 16.0. The lowest BCUT2D eigenvalue weighted by Gasteiger charge is -2.24. The van der Waals surface area contributed by atoms with Crippen molar-refractivity contribution in [2.45, 2.75) is 367 Å². The lowest BCUT2D eigenvalue weighted by atomic mass is 10.0. The summed E-state index contributed by atoms with van der Waals surface area (Å²) in [5.74, 6) is -0.773. The molecule has 0 spiro atoms. The highest BCUT2D eigenvalue weighted by Gasteiger charge is 2.27. The molecule has 0 amide bonds. The average Bonchev–Trinajstić information content (AvgIpc) is 3.42. The van der Waals surface area contributed by atoms with Gasteiger partial charge in [-0.05, 0) is 44.9 Å². The molecule has 0 aliphatic heterocycles. The van der Waals surface area contributed by atoms with Gasteiger partial charge in [0.15, 0.2) is 6.10 Å². The molecule has 2 atom stereocenters. The Bertz CT molecular complexity index is 1400. The topological polar surface area (TPSA) is 108 Å². The van der Waals surface area contributed by atoms with Crippen LogP contribution in [0.4, 0.5) is 0 Å². The second kappa shape index (κ2) is 62.0. The van der Waals surface area contributed by atoms with E-state index >= 15 is 0 Å². The summed E-state index contributed by atoms with van der Waals surface area (Å²) in [5, 5.41) is 0. The number of carbonyl (C=O) groups excluding carboxylic acids is 2. The number of rotatable bonds is 66. The number of hydrogen-bond acceptors (Lipinski definition) is 7. The summed E-state index contributed by atoms with van der Waals surface area (Å²) in [6, 6.07) is 0. The van der Waals surface area contributed by atoms with Crippen molar-refractivity contribution in [1.29, 1.82) is 0 Å². The zero-order chi connectivity index (χ0) is 58.4. The Morgan fingerprint density at radius 2 is 0.675 bits per heavy atom. The summed E-state index contributed by atoms with van der Waals surface area (Å²) < 4.78 is 34.7. The quantitative estimate of drug-likeness (QED) is 0.0211. The molecule has 0 rings (SSSR count). The average molecular weight is 1150 g/mol. The van der Waals surface area contributed by atoms with Crippen LogP contribution in [-0.4, -0.2) is 74.9 Å². The minimum absolute atomic E-state index is 0.0355. The van der Waals surface area contributed by atoms with Crippen molar-refractivity contribution in [1.82, 2.24) is 0 Å². The Labute approximate surface area is 498 Å². The predicted octanol–water partition coefficient (Wildman–Crippen LogP) is 22.5. The summed E-state index contributed by atoms with van der Waals surface area (Å²) >= 11 is 0. The number of allylic oxidation sites excluding steroid dienone is 4. The van der Waals surface area contributed by atoms with Crippen molar-refractivity contribution in [2.75, 3.05) is 47.5 Å².